The molecule has 0 aliphatic rings. The van der Waals surface area contributed by atoms with Crippen molar-refractivity contribution in [3.63, 3.8) is 0 Å². The average Bonchev–Trinajstić information content (AvgIpc) is 2.68. The molecule has 0 unspecified atom stereocenters. The number of hydrogen-bond acceptors (Lipinski definition) is 3. The van der Waals surface area contributed by atoms with E-state index >= 15 is 0 Å². The van der Waals surface area contributed by atoms with Crippen molar-refractivity contribution in [1.29, 1.82) is 0 Å². The molecule has 2 N–H and O–H groups in total. The van der Waals surface area contributed by atoms with Crippen molar-refractivity contribution in [3.05, 3.63) is 50.7 Å². The summed E-state index contributed by atoms with van der Waals surface area (Å²) >= 11 is 0. The van der Waals surface area contributed by atoms with E-state index in [1.54, 1.807) is 17.8 Å². The molecule has 2 heterocycles. The van der Waals surface area contributed by atoms with Gasteiger partial charge >= 0.3 is 0 Å². The third-order valence-electron chi connectivity index (χ3n) is 3.27. The van der Waals surface area contributed by atoms with Crippen LogP contribution < -0.4 is 10.9 Å². The zero-order valence-corrected chi connectivity index (χ0v) is 12.1. The normalized spacial score (nSPS) is 10.6. The van der Waals surface area contributed by atoms with E-state index in [4.69, 9.17) is 0 Å². The number of nitrogens with one attached hydrogen (secondary N) is 2. The molecule has 0 spiro atoms. The summed E-state index contributed by atoms with van der Waals surface area (Å²) in [5.41, 5.74) is 3.33. The molecular formula is C14H18N4O2. The van der Waals surface area contributed by atoms with Gasteiger partial charge < -0.3 is 10.3 Å². The van der Waals surface area contributed by atoms with E-state index in [1.807, 2.05) is 26.8 Å². The number of H-pyrrole nitrogens is 1. The van der Waals surface area contributed by atoms with Gasteiger partial charge in [-0.05, 0) is 38.5 Å². The van der Waals surface area contributed by atoms with Crippen molar-refractivity contribution in [1.82, 2.24) is 20.1 Å². The molecule has 2 aromatic rings. The minimum atomic E-state index is -0.284. The lowest BCUT2D eigenvalue weighted by Gasteiger charge is -2.07. The molecule has 0 aliphatic heterocycles. The number of pyridine rings is 1. The average molecular weight is 274 g/mol. The predicted molar refractivity (Wildman–Crippen MR) is 75.7 cm³/mol. The molecular weight excluding hydrogens is 256 g/mol. The van der Waals surface area contributed by atoms with Gasteiger partial charge in [-0.2, -0.15) is 5.10 Å². The van der Waals surface area contributed by atoms with E-state index in [0.29, 0.717) is 11.3 Å². The highest BCUT2D eigenvalue weighted by Crippen LogP contribution is 2.05. The van der Waals surface area contributed by atoms with Crippen LogP contribution in [0.25, 0.3) is 0 Å². The predicted octanol–water partition coefficient (Wildman–Crippen LogP) is 0.964. The maximum atomic E-state index is 12.0. The molecule has 6 nitrogen and oxygen atoms in total. The van der Waals surface area contributed by atoms with E-state index in [0.717, 1.165) is 17.0 Å². The van der Waals surface area contributed by atoms with E-state index in [2.05, 4.69) is 15.4 Å². The smallest absolute Gasteiger partial charge is 0.272 e. The quantitative estimate of drug-likeness (QED) is 0.875. The Morgan fingerprint density at radius 2 is 2.05 bits per heavy atom. The fraction of sp³-hybridized carbons (Fsp3) is 0.357. The van der Waals surface area contributed by atoms with Gasteiger partial charge in [-0.3, -0.25) is 14.3 Å². The number of amides is 1. The van der Waals surface area contributed by atoms with Gasteiger partial charge in [0.15, 0.2) is 0 Å². The molecule has 20 heavy (non-hydrogen) atoms. The molecule has 0 radical (unpaired) electrons. The highest BCUT2D eigenvalue weighted by atomic mass is 16.2. The second kappa shape index (κ2) is 5.32. The number of carbonyl (C=O) groups is 1. The van der Waals surface area contributed by atoms with Gasteiger partial charge in [0, 0.05) is 30.5 Å². The van der Waals surface area contributed by atoms with E-state index < -0.39 is 0 Å². The van der Waals surface area contributed by atoms with Crippen LogP contribution in [0.2, 0.25) is 0 Å². The third-order valence-corrected chi connectivity index (χ3v) is 3.27. The Morgan fingerprint density at radius 1 is 1.35 bits per heavy atom. The number of aromatic nitrogens is 3. The molecule has 0 atom stereocenters. The first kappa shape index (κ1) is 14.0. The van der Waals surface area contributed by atoms with Crippen LogP contribution in [0.15, 0.2) is 16.9 Å². The lowest BCUT2D eigenvalue weighted by atomic mass is 10.1. The largest absolute Gasteiger partial charge is 0.346 e. The standard InChI is InChI=1S/C14H18N4O2/c1-8-5-9(2)16-13(19)11(8)7-15-14(20)12-6-10(3)18(4)17-12/h5-6H,7H2,1-4H3,(H,15,20)(H,16,19). The van der Waals surface area contributed by atoms with Crippen molar-refractivity contribution < 1.29 is 4.79 Å². The Bertz CT molecular complexity index is 693. The van der Waals surface area contributed by atoms with Crippen LogP contribution in [-0.2, 0) is 13.6 Å². The molecule has 0 fully saturated rings. The number of rotatable bonds is 3. The minimum absolute atomic E-state index is 0.167. The van der Waals surface area contributed by atoms with Gasteiger partial charge in [-0.15, -0.1) is 0 Å². The molecule has 0 saturated carbocycles. The Hall–Kier alpha value is -2.37. The number of nitrogens with zero attached hydrogens (tertiary/aromatic N) is 2. The molecule has 0 saturated heterocycles. The fourth-order valence-corrected chi connectivity index (χ4v) is 2.03. The fourth-order valence-electron chi connectivity index (χ4n) is 2.03. The maximum Gasteiger partial charge on any atom is 0.272 e. The summed E-state index contributed by atoms with van der Waals surface area (Å²) in [6.45, 7) is 5.75. The van der Waals surface area contributed by atoms with Crippen LogP contribution >= 0.6 is 0 Å². The molecule has 0 aromatic carbocycles. The topological polar surface area (TPSA) is 79.8 Å². The van der Waals surface area contributed by atoms with E-state index in [-0.39, 0.29) is 18.0 Å². The number of carbonyl (C=O) groups excluding carboxylic acids is 1. The summed E-state index contributed by atoms with van der Waals surface area (Å²) in [5, 5.41) is 6.82. The van der Waals surface area contributed by atoms with Crippen molar-refractivity contribution >= 4 is 5.91 Å². The van der Waals surface area contributed by atoms with Gasteiger partial charge in [0.1, 0.15) is 5.69 Å². The summed E-state index contributed by atoms with van der Waals surface area (Å²) in [6, 6.07) is 3.59. The third kappa shape index (κ3) is 2.79. The van der Waals surface area contributed by atoms with Gasteiger partial charge in [-0.25, -0.2) is 0 Å². The van der Waals surface area contributed by atoms with Crippen molar-refractivity contribution in [2.75, 3.05) is 0 Å². The lowest BCUT2D eigenvalue weighted by Crippen LogP contribution is -2.28. The molecule has 6 heteroatoms. The summed E-state index contributed by atoms with van der Waals surface area (Å²) in [7, 11) is 1.78. The molecule has 2 rings (SSSR count). The van der Waals surface area contributed by atoms with Crippen LogP contribution in [0, 0.1) is 20.8 Å². The molecule has 106 valence electrons. The van der Waals surface area contributed by atoms with Crippen molar-refractivity contribution in [3.8, 4) is 0 Å². The zero-order valence-electron chi connectivity index (χ0n) is 12.1. The monoisotopic (exact) mass is 274 g/mol. The van der Waals surface area contributed by atoms with Crippen molar-refractivity contribution in [2.24, 2.45) is 7.05 Å². The van der Waals surface area contributed by atoms with E-state index in [1.165, 1.54) is 0 Å². The first-order chi connectivity index (χ1) is 9.38. The molecule has 0 aliphatic carbocycles. The Balaban J connectivity index is 2.13. The zero-order chi connectivity index (χ0) is 14.9. The second-order valence-corrected chi connectivity index (χ2v) is 4.92. The van der Waals surface area contributed by atoms with Crippen molar-refractivity contribution in [2.45, 2.75) is 27.3 Å². The SMILES string of the molecule is Cc1cc(C)c(CNC(=O)c2cc(C)n(C)n2)c(=O)[nH]1. The Morgan fingerprint density at radius 3 is 2.60 bits per heavy atom. The highest BCUT2D eigenvalue weighted by molar-refractivity contribution is 5.92. The van der Waals surface area contributed by atoms with Gasteiger partial charge in [-0.1, -0.05) is 0 Å². The van der Waals surface area contributed by atoms with Gasteiger partial charge in [0.25, 0.3) is 11.5 Å². The number of hydrogen-bond donors (Lipinski definition) is 2. The number of aryl methyl sites for hydroxylation is 4. The summed E-state index contributed by atoms with van der Waals surface area (Å²) < 4.78 is 1.64. The first-order valence-corrected chi connectivity index (χ1v) is 6.36. The van der Waals surface area contributed by atoms with Gasteiger partial charge in [0.05, 0.1) is 0 Å². The van der Waals surface area contributed by atoms with Crippen LogP contribution in [0.3, 0.4) is 0 Å². The van der Waals surface area contributed by atoms with E-state index in [9.17, 15) is 9.59 Å². The summed E-state index contributed by atoms with van der Waals surface area (Å²) in [5.74, 6) is -0.284. The maximum absolute atomic E-state index is 12.0. The van der Waals surface area contributed by atoms with Crippen LogP contribution in [0.1, 0.15) is 33.0 Å². The minimum Gasteiger partial charge on any atom is -0.346 e. The van der Waals surface area contributed by atoms with Crippen LogP contribution in [0.4, 0.5) is 0 Å². The first-order valence-electron chi connectivity index (χ1n) is 6.36. The molecule has 0 bridgehead atoms. The van der Waals surface area contributed by atoms with Gasteiger partial charge in [0.2, 0.25) is 0 Å². The summed E-state index contributed by atoms with van der Waals surface area (Å²) in [6.07, 6.45) is 0. The lowest BCUT2D eigenvalue weighted by molar-refractivity contribution is 0.0945. The highest BCUT2D eigenvalue weighted by Gasteiger charge is 2.12. The number of aromatic amines is 1. The van der Waals surface area contributed by atoms with Crippen LogP contribution in [0.5, 0.6) is 0 Å². The summed E-state index contributed by atoms with van der Waals surface area (Å²) in [4.78, 5) is 26.5. The molecule has 1 amide bonds. The Kier molecular flexibility index (Phi) is 3.74. The van der Waals surface area contributed by atoms with Crippen LogP contribution in [-0.4, -0.2) is 20.7 Å². The second-order valence-electron chi connectivity index (χ2n) is 4.92. The Labute approximate surface area is 116 Å². The molecule has 2 aromatic heterocycles.